The number of aryl methyl sites for hydroxylation is 2. The molecule has 0 N–H and O–H groups in total. The second kappa shape index (κ2) is 4.29. The van der Waals surface area contributed by atoms with Crippen molar-refractivity contribution in [1.29, 1.82) is 0 Å². The normalized spacial score (nSPS) is 9.69. The van der Waals surface area contributed by atoms with E-state index < -0.39 is 0 Å². The van der Waals surface area contributed by atoms with E-state index in [-0.39, 0.29) is 0 Å². The molecule has 3 heteroatoms. The van der Waals surface area contributed by atoms with Gasteiger partial charge in [0.05, 0.1) is 5.75 Å². The lowest BCUT2D eigenvalue weighted by Gasteiger charge is -2.04. The van der Waals surface area contributed by atoms with Crippen molar-refractivity contribution < 1.29 is 0 Å². The fraction of sp³-hybridized carbons (Fsp3) is 0.400. The van der Waals surface area contributed by atoms with E-state index >= 15 is 0 Å². The molecule has 0 fully saturated rings. The second-order valence-electron chi connectivity index (χ2n) is 2.79. The van der Waals surface area contributed by atoms with Crippen molar-refractivity contribution in [2.45, 2.75) is 25.9 Å². The van der Waals surface area contributed by atoms with Gasteiger partial charge in [0, 0.05) is 11.4 Å². The zero-order valence-electron chi connectivity index (χ0n) is 8.09. The van der Waals surface area contributed by atoms with Crippen molar-refractivity contribution in [2.24, 2.45) is 0 Å². The third kappa shape index (κ3) is 2.46. The summed E-state index contributed by atoms with van der Waals surface area (Å²) in [6, 6.07) is 0. The molecule has 13 heavy (non-hydrogen) atoms. The molecule has 1 aromatic heterocycles. The standard InChI is InChI=1S/C10H12N2S/c1-5-6-13-10-11-8(3)7(2)9(4)12-10/h1H,6H2,2-4H3. The third-order valence-electron chi connectivity index (χ3n) is 1.90. The topological polar surface area (TPSA) is 25.8 Å². The Morgan fingerprint density at radius 2 is 1.77 bits per heavy atom. The molecule has 0 radical (unpaired) electrons. The van der Waals surface area contributed by atoms with E-state index in [4.69, 9.17) is 6.42 Å². The number of aromatic nitrogens is 2. The van der Waals surface area contributed by atoms with Crippen LogP contribution in [0.5, 0.6) is 0 Å². The van der Waals surface area contributed by atoms with E-state index in [1.165, 1.54) is 11.8 Å². The monoisotopic (exact) mass is 192 g/mol. The molecule has 0 amide bonds. The minimum absolute atomic E-state index is 0.627. The summed E-state index contributed by atoms with van der Waals surface area (Å²) < 4.78 is 0. The minimum Gasteiger partial charge on any atom is -0.228 e. The van der Waals surface area contributed by atoms with Crippen LogP contribution in [0, 0.1) is 33.1 Å². The smallest absolute Gasteiger partial charge is 0.188 e. The Kier molecular flexibility index (Phi) is 3.32. The van der Waals surface area contributed by atoms with Gasteiger partial charge in [-0.25, -0.2) is 9.97 Å². The van der Waals surface area contributed by atoms with Gasteiger partial charge >= 0.3 is 0 Å². The van der Waals surface area contributed by atoms with Gasteiger partial charge < -0.3 is 0 Å². The highest BCUT2D eigenvalue weighted by Crippen LogP contribution is 2.16. The summed E-state index contributed by atoms with van der Waals surface area (Å²) in [7, 11) is 0. The highest BCUT2D eigenvalue weighted by atomic mass is 32.2. The summed E-state index contributed by atoms with van der Waals surface area (Å²) >= 11 is 1.50. The first-order valence-corrected chi connectivity index (χ1v) is 5.02. The van der Waals surface area contributed by atoms with Gasteiger partial charge in [-0.15, -0.1) is 6.42 Å². The van der Waals surface area contributed by atoms with Gasteiger partial charge in [-0.3, -0.25) is 0 Å². The summed E-state index contributed by atoms with van der Waals surface area (Å²) in [4.78, 5) is 8.65. The van der Waals surface area contributed by atoms with Crippen LogP contribution in [-0.2, 0) is 0 Å². The molecule has 2 nitrogen and oxygen atoms in total. The lowest BCUT2D eigenvalue weighted by molar-refractivity contribution is 0.882. The summed E-state index contributed by atoms with van der Waals surface area (Å²) in [6.07, 6.45) is 5.16. The Balaban J connectivity index is 2.94. The van der Waals surface area contributed by atoms with Crippen molar-refractivity contribution in [1.82, 2.24) is 9.97 Å². The lowest BCUT2D eigenvalue weighted by Crippen LogP contribution is -1.98. The van der Waals surface area contributed by atoms with Crippen LogP contribution in [-0.4, -0.2) is 15.7 Å². The van der Waals surface area contributed by atoms with Crippen LogP contribution in [0.4, 0.5) is 0 Å². The Morgan fingerprint density at radius 3 is 2.23 bits per heavy atom. The van der Waals surface area contributed by atoms with Crippen molar-refractivity contribution >= 4 is 11.8 Å². The van der Waals surface area contributed by atoms with E-state index in [2.05, 4.69) is 15.9 Å². The Bertz CT molecular complexity index is 329. The van der Waals surface area contributed by atoms with Gasteiger partial charge in [0.2, 0.25) is 0 Å². The number of terminal acetylenes is 1. The molecule has 0 aromatic carbocycles. The molecule has 1 rings (SSSR count). The molecule has 0 bridgehead atoms. The predicted molar refractivity (Wildman–Crippen MR) is 55.8 cm³/mol. The number of hydrogen-bond donors (Lipinski definition) is 0. The summed E-state index contributed by atoms with van der Waals surface area (Å²) in [6.45, 7) is 6.01. The Morgan fingerprint density at radius 1 is 1.23 bits per heavy atom. The third-order valence-corrected chi connectivity index (χ3v) is 2.65. The molecule has 1 heterocycles. The van der Waals surface area contributed by atoms with Crippen LogP contribution in [0.2, 0.25) is 0 Å². The molecule has 0 aliphatic carbocycles. The highest BCUT2D eigenvalue weighted by molar-refractivity contribution is 7.99. The molecular weight excluding hydrogens is 180 g/mol. The molecule has 0 atom stereocenters. The summed E-state index contributed by atoms with van der Waals surface area (Å²) in [5.74, 6) is 3.18. The lowest BCUT2D eigenvalue weighted by atomic mass is 10.2. The maximum absolute atomic E-state index is 5.16. The summed E-state index contributed by atoms with van der Waals surface area (Å²) in [5.41, 5.74) is 3.23. The van der Waals surface area contributed by atoms with Crippen molar-refractivity contribution in [3.05, 3.63) is 17.0 Å². The Labute approximate surface area is 83.2 Å². The quantitative estimate of drug-likeness (QED) is 0.408. The SMILES string of the molecule is C#CCSc1nc(C)c(C)c(C)n1. The van der Waals surface area contributed by atoms with Gasteiger partial charge in [0.25, 0.3) is 0 Å². The van der Waals surface area contributed by atoms with Crippen LogP contribution in [0.1, 0.15) is 17.0 Å². The van der Waals surface area contributed by atoms with Gasteiger partial charge in [0.15, 0.2) is 5.16 Å². The van der Waals surface area contributed by atoms with E-state index in [1.807, 2.05) is 20.8 Å². The predicted octanol–water partition coefficient (Wildman–Crippen LogP) is 2.13. The van der Waals surface area contributed by atoms with Crippen LogP contribution in [0.25, 0.3) is 0 Å². The van der Waals surface area contributed by atoms with Crippen molar-refractivity contribution in [3.8, 4) is 12.3 Å². The fourth-order valence-corrected chi connectivity index (χ4v) is 1.53. The first kappa shape index (κ1) is 10.1. The number of hydrogen-bond acceptors (Lipinski definition) is 3. The van der Waals surface area contributed by atoms with E-state index in [0.717, 1.165) is 22.1 Å². The molecule has 0 aliphatic heterocycles. The zero-order valence-corrected chi connectivity index (χ0v) is 8.90. The first-order valence-electron chi connectivity index (χ1n) is 4.03. The van der Waals surface area contributed by atoms with Crippen molar-refractivity contribution in [2.75, 3.05) is 5.75 Å². The van der Waals surface area contributed by atoms with E-state index in [0.29, 0.717) is 5.75 Å². The van der Waals surface area contributed by atoms with E-state index in [1.54, 1.807) is 0 Å². The van der Waals surface area contributed by atoms with E-state index in [9.17, 15) is 0 Å². The van der Waals surface area contributed by atoms with Crippen LogP contribution < -0.4 is 0 Å². The fourth-order valence-electron chi connectivity index (χ4n) is 0.912. The largest absolute Gasteiger partial charge is 0.228 e. The van der Waals surface area contributed by atoms with Crippen LogP contribution >= 0.6 is 11.8 Å². The van der Waals surface area contributed by atoms with Gasteiger partial charge in [-0.2, -0.15) is 0 Å². The molecule has 0 aliphatic rings. The minimum atomic E-state index is 0.627. The molecule has 0 spiro atoms. The van der Waals surface area contributed by atoms with Crippen molar-refractivity contribution in [3.63, 3.8) is 0 Å². The molecular formula is C10H12N2S. The number of nitrogens with zero attached hydrogens (tertiary/aromatic N) is 2. The second-order valence-corrected chi connectivity index (χ2v) is 3.74. The Hall–Kier alpha value is -1.01. The molecule has 68 valence electrons. The van der Waals surface area contributed by atoms with Gasteiger partial charge in [-0.05, 0) is 26.3 Å². The first-order chi connectivity index (χ1) is 6.15. The maximum atomic E-state index is 5.16. The average Bonchev–Trinajstić information content (AvgIpc) is 2.10. The molecule has 0 saturated carbocycles. The molecule has 0 saturated heterocycles. The highest BCUT2D eigenvalue weighted by Gasteiger charge is 2.03. The summed E-state index contributed by atoms with van der Waals surface area (Å²) in [5, 5.41) is 0.776. The van der Waals surface area contributed by atoms with Gasteiger partial charge in [0.1, 0.15) is 0 Å². The zero-order chi connectivity index (χ0) is 9.84. The average molecular weight is 192 g/mol. The molecule has 0 unspecified atom stereocenters. The van der Waals surface area contributed by atoms with Gasteiger partial charge in [-0.1, -0.05) is 17.7 Å². The maximum Gasteiger partial charge on any atom is 0.188 e. The van der Waals surface area contributed by atoms with Crippen LogP contribution in [0.3, 0.4) is 0 Å². The molecule has 1 aromatic rings. The van der Waals surface area contributed by atoms with Crippen LogP contribution in [0.15, 0.2) is 5.16 Å². The number of rotatable bonds is 2. The number of thioether (sulfide) groups is 1.